The van der Waals surface area contributed by atoms with E-state index in [-0.39, 0.29) is 17.9 Å². The maximum absolute atomic E-state index is 12.6. The number of fused-ring (bicyclic) bond motifs is 1. The predicted octanol–water partition coefficient (Wildman–Crippen LogP) is 3.83. The van der Waals surface area contributed by atoms with Gasteiger partial charge in [0.05, 0.1) is 11.0 Å². The molecule has 1 aromatic carbocycles. The number of nitrogens with zero attached hydrogens (tertiary/aromatic N) is 1. The van der Waals surface area contributed by atoms with E-state index in [9.17, 15) is 4.79 Å². The van der Waals surface area contributed by atoms with Crippen molar-refractivity contribution >= 4 is 28.2 Å². The second-order valence-corrected chi connectivity index (χ2v) is 7.39. The predicted molar refractivity (Wildman–Crippen MR) is 101 cm³/mol. The number of hydrogen-bond donors (Lipinski definition) is 2. The maximum atomic E-state index is 12.6. The molecule has 2 heterocycles. The second kappa shape index (κ2) is 7.37. The smallest absolute Gasteiger partial charge is 0.271 e. The highest BCUT2D eigenvalue weighted by atomic mass is 32.1. The van der Waals surface area contributed by atoms with Gasteiger partial charge in [-0.3, -0.25) is 4.79 Å². The van der Waals surface area contributed by atoms with Crippen LogP contribution in [0.1, 0.15) is 46.7 Å². The summed E-state index contributed by atoms with van der Waals surface area (Å²) in [6, 6.07) is 7.72. The van der Waals surface area contributed by atoms with Crippen molar-refractivity contribution in [2.75, 3.05) is 6.54 Å². The number of aromatic nitrogens is 1. The average molecular weight is 357 g/mol. The van der Waals surface area contributed by atoms with E-state index in [1.165, 1.54) is 11.3 Å². The molecule has 0 saturated carbocycles. The molecule has 0 saturated heterocycles. The van der Waals surface area contributed by atoms with E-state index in [1.807, 2.05) is 31.2 Å². The van der Waals surface area contributed by atoms with E-state index in [4.69, 9.17) is 10.2 Å². The topological polar surface area (TPSA) is 81.2 Å². The summed E-state index contributed by atoms with van der Waals surface area (Å²) < 4.78 is 6.05. The average Bonchev–Trinajstić information content (AvgIpc) is 3.18. The van der Waals surface area contributed by atoms with Gasteiger partial charge >= 0.3 is 0 Å². The number of thiazole rings is 1. The Hall–Kier alpha value is -2.18. The van der Waals surface area contributed by atoms with Crippen LogP contribution in [0.5, 0.6) is 0 Å². The van der Waals surface area contributed by atoms with E-state index in [2.05, 4.69) is 24.1 Å². The number of nitrogens with two attached hydrogens (primary N) is 1. The standard InChI is InChI=1S/C19H23N3O2S/c1-11(2)17(18-12(3)13-6-4-5-7-15(13)24-18)22-19(23)14-10-25-16(21-14)8-9-20/h4-7,10-11,17H,8-9,20H2,1-3H3,(H,22,23). The van der Waals surface area contributed by atoms with Crippen LogP contribution in [0, 0.1) is 12.8 Å². The third-order valence-corrected chi connectivity index (χ3v) is 5.17. The first-order valence-corrected chi connectivity index (χ1v) is 9.32. The van der Waals surface area contributed by atoms with Gasteiger partial charge in [-0.25, -0.2) is 4.98 Å². The molecule has 0 spiro atoms. The van der Waals surface area contributed by atoms with Crippen LogP contribution in [-0.4, -0.2) is 17.4 Å². The Morgan fingerprint density at radius 2 is 2.12 bits per heavy atom. The van der Waals surface area contributed by atoms with E-state index in [0.29, 0.717) is 18.7 Å². The number of aryl methyl sites for hydroxylation is 1. The summed E-state index contributed by atoms with van der Waals surface area (Å²) in [4.78, 5) is 17.0. The summed E-state index contributed by atoms with van der Waals surface area (Å²) in [5.74, 6) is 0.811. The SMILES string of the molecule is Cc1c(C(NC(=O)c2csc(CCN)n2)C(C)C)oc2ccccc12. The fraction of sp³-hybridized carbons (Fsp3) is 0.368. The van der Waals surface area contributed by atoms with Crippen molar-refractivity contribution in [1.29, 1.82) is 0 Å². The Bertz CT molecular complexity index is 882. The molecule has 3 N–H and O–H groups in total. The minimum absolute atomic E-state index is 0.182. The number of rotatable bonds is 6. The van der Waals surface area contributed by atoms with Crippen LogP contribution >= 0.6 is 11.3 Å². The minimum Gasteiger partial charge on any atom is -0.459 e. The minimum atomic E-state index is -0.209. The fourth-order valence-electron chi connectivity index (χ4n) is 2.89. The van der Waals surface area contributed by atoms with Crippen LogP contribution in [0.4, 0.5) is 0 Å². The van der Waals surface area contributed by atoms with Crippen LogP contribution in [0.2, 0.25) is 0 Å². The van der Waals surface area contributed by atoms with Crippen LogP contribution in [0.3, 0.4) is 0 Å². The molecule has 1 unspecified atom stereocenters. The first-order valence-electron chi connectivity index (χ1n) is 8.44. The summed E-state index contributed by atoms with van der Waals surface area (Å²) in [6.45, 7) is 6.70. The summed E-state index contributed by atoms with van der Waals surface area (Å²) in [7, 11) is 0. The third kappa shape index (κ3) is 3.60. The number of amides is 1. The summed E-state index contributed by atoms with van der Waals surface area (Å²) in [5, 5.41) is 6.83. The molecule has 5 nitrogen and oxygen atoms in total. The van der Waals surface area contributed by atoms with E-state index in [1.54, 1.807) is 5.38 Å². The lowest BCUT2D eigenvalue weighted by atomic mass is 9.98. The van der Waals surface area contributed by atoms with Crippen molar-refractivity contribution in [3.63, 3.8) is 0 Å². The molecule has 0 fully saturated rings. The monoisotopic (exact) mass is 357 g/mol. The van der Waals surface area contributed by atoms with E-state index >= 15 is 0 Å². The molecule has 2 aromatic heterocycles. The van der Waals surface area contributed by atoms with E-state index < -0.39 is 0 Å². The molecule has 0 aliphatic heterocycles. The summed E-state index contributed by atoms with van der Waals surface area (Å²) in [6.07, 6.45) is 0.689. The van der Waals surface area contributed by atoms with Crippen molar-refractivity contribution in [1.82, 2.24) is 10.3 Å². The lowest BCUT2D eigenvalue weighted by Gasteiger charge is -2.20. The molecule has 0 radical (unpaired) electrons. The molecule has 1 atom stereocenters. The Kier molecular flexibility index (Phi) is 5.20. The van der Waals surface area contributed by atoms with Crippen molar-refractivity contribution in [2.24, 2.45) is 11.7 Å². The number of carbonyl (C=O) groups excluding carboxylic acids is 1. The zero-order chi connectivity index (χ0) is 18.0. The first-order chi connectivity index (χ1) is 12.0. The van der Waals surface area contributed by atoms with Gasteiger partial charge in [0.2, 0.25) is 0 Å². The lowest BCUT2D eigenvalue weighted by molar-refractivity contribution is 0.0914. The molecule has 0 bridgehead atoms. The highest BCUT2D eigenvalue weighted by Crippen LogP contribution is 2.33. The molecule has 25 heavy (non-hydrogen) atoms. The molecule has 3 aromatic rings. The lowest BCUT2D eigenvalue weighted by Crippen LogP contribution is -2.32. The highest BCUT2D eigenvalue weighted by Gasteiger charge is 2.26. The van der Waals surface area contributed by atoms with Gasteiger partial charge in [-0.15, -0.1) is 11.3 Å². The Morgan fingerprint density at radius 1 is 1.36 bits per heavy atom. The summed E-state index contributed by atoms with van der Waals surface area (Å²) in [5.41, 5.74) is 7.90. The molecular formula is C19H23N3O2S. The quantitative estimate of drug-likeness (QED) is 0.702. The van der Waals surface area contributed by atoms with Gasteiger partial charge in [0, 0.05) is 22.8 Å². The highest BCUT2D eigenvalue weighted by molar-refractivity contribution is 7.09. The van der Waals surface area contributed by atoms with Crippen LogP contribution in [0.25, 0.3) is 11.0 Å². The van der Waals surface area contributed by atoms with Gasteiger partial charge in [0.25, 0.3) is 5.91 Å². The zero-order valence-electron chi connectivity index (χ0n) is 14.7. The van der Waals surface area contributed by atoms with Crippen molar-refractivity contribution < 1.29 is 9.21 Å². The van der Waals surface area contributed by atoms with Crippen LogP contribution in [-0.2, 0) is 6.42 Å². The summed E-state index contributed by atoms with van der Waals surface area (Å²) >= 11 is 1.47. The molecule has 0 aliphatic carbocycles. The van der Waals surface area contributed by atoms with Gasteiger partial charge in [-0.1, -0.05) is 32.0 Å². The Morgan fingerprint density at radius 3 is 2.80 bits per heavy atom. The number of furan rings is 1. The Balaban J connectivity index is 1.87. The zero-order valence-corrected chi connectivity index (χ0v) is 15.5. The molecule has 6 heteroatoms. The second-order valence-electron chi connectivity index (χ2n) is 6.45. The van der Waals surface area contributed by atoms with E-state index in [0.717, 1.165) is 27.3 Å². The van der Waals surface area contributed by atoms with Gasteiger partial charge in [-0.05, 0) is 25.5 Å². The Labute approximate surface area is 151 Å². The van der Waals surface area contributed by atoms with Crippen molar-refractivity contribution in [3.8, 4) is 0 Å². The largest absolute Gasteiger partial charge is 0.459 e. The maximum Gasteiger partial charge on any atom is 0.271 e. The molecule has 0 aliphatic rings. The molecule has 132 valence electrons. The number of nitrogens with one attached hydrogen (secondary N) is 1. The van der Waals surface area contributed by atoms with Gasteiger partial charge in [0.15, 0.2) is 0 Å². The van der Waals surface area contributed by atoms with Gasteiger partial charge < -0.3 is 15.5 Å². The van der Waals surface area contributed by atoms with Crippen LogP contribution < -0.4 is 11.1 Å². The number of hydrogen-bond acceptors (Lipinski definition) is 5. The normalized spacial score (nSPS) is 12.7. The first kappa shape index (κ1) is 17.6. The number of carbonyl (C=O) groups is 1. The fourth-order valence-corrected chi connectivity index (χ4v) is 3.69. The van der Waals surface area contributed by atoms with Gasteiger partial charge in [0.1, 0.15) is 17.0 Å². The number of para-hydroxylation sites is 1. The molecule has 1 amide bonds. The molecule has 3 rings (SSSR count). The number of benzene rings is 1. The third-order valence-electron chi connectivity index (χ3n) is 4.26. The molecular weight excluding hydrogens is 334 g/mol. The van der Waals surface area contributed by atoms with Gasteiger partial charge in [-0.2, -0.15) is 0 Å². The van der Waals surface area contributed by atoms with Crippen molar-refractivity contribution in [3.05, 3.63) is 51.7 Å². The van der Waals surface area contributed by atoms with Crippen molar-refractivity contribution in [2.45, 2.75) is 33.2 Å². The van der Waals surface area contributed by atoms with Crippen LogP contribution in [0.15, 0.2) is 34.1 Å².